The van der Waals surface area contributed by atoms with E-state index in [1.807, 2.05) is 26.0 Å². The van der Waals surface area contributed by atoms with Gasteiger partial charge in [-0.3, -0.25) is 9.78 Å². The summed E-state index contributed by atoms with van der Waals surface area (Å²) in [5, 5.41) is 11.5. The number of pyridine rings is 1. The van der Waals surface area contributed by atoms with Crippen LogP contribution in [-0.2, 0) is 11.3 Å². The standard InChI is InChI=1S/C15H23N3O3/c1-3-18(11-13-6-8-16-9-7-13)15(21)17-10-12(2)4-5-14(19)20/h6-9,12H,3-5,10-11H2,1-2H3,(H,17,21)(H,19,20). The number of carboxylic acids is 1. The number of nitrogens with one attached hydrogen (secondary N) is 1. The van der Waals surface area contributed by atoms with E-state index in [9.17, 15) is 9.59 Å². The molecule has 1 aromatic heterocycles. The van der Waals surface area contributed by atoms with Gasteiger partial charge in [0.05, 0.1) is 0 Å². The smallest absolute Gasteiger partial charge is 0.317 e. The second kappa shape index (κ2) is 8.94. The zero-order valence-corrected chi connectivity index (χ0v) is 12.6. The Morgan fingerprint density at radius 1 is 1.38 bits per heavy atom. The lowest BCUT2D eigenvalue weighted by Gasteiger charge is -2.22. The SMILES string of the molecule is CCN(Cc1ccncc1)C(=O)NCC(C)CCC(=O)O. The van der Waals surface area contributed by atoms with Crippen molar-refractivity contribution in [2.24, 2.45) is 5.92 Å². The molecule has 21 heavy (non-hydrogen) atoms. The van der Waals surface area contributed by atoms with Crippen LogP contribution in [0.25, 0.3) is 0 Å². The number of aromatic nitrogens is 1. The molecule has 1 atom stereocenters. The minimum atomic E-state index is -0.805. The zero-order chi connectivity index (χ0) is 15.7. The highest BCUT2D eigenvalue weighted by Gasteiger charge is 2.13. The summed E-state index contributed by atoms with van der Waals surface area (Å²) < 4.78 is 0. The van der Waals surface area contributed by atoms with Crippen LogP contribution in [0.15, 0.2) is 24.5 Å². The van der Waals surface area contributed by atoms with Crippen molar-refractivity contribution >= 4 is 12.0 Å². The van der Waals surface area contributed by atoms with Crippen LogP contribution in [0, 0.1) is 5.92 Å². The molecule has 1 rings (SSSR count). The quantitative estimate of drug-likeness (QED) is 0.769. The van der Waals surface area contributed by atoms with Gasteiger partial charge < -0.3 is 15.3 Å². The number of carbonyl (C=O) groups excluding carboxylic acids is 1. The molecule has 1 unspecified atom stereocenters. The average Bonchev–Trinajstić information content (AvgIpc) is 2.49. The molecule has 116 valence electrons. The topological polar surface area (TPSA) is 82.5 Å². The maximum Gasteiger partial charge on any atom is 0.317 e. The van der Waals surface area contributed by atoms with Crippen LogP contribution >= 0.6 is 0 Å². The summed E-state index contributed by atoms with van der Waals surface area (Å²) in [5.74, 6) is -0.661. The first kappa shape index (κ1) is 16.9. The van der Waals surface area contributed by atoms with Crippen LogP contribution in [-0.4, -0.2) is 40.1 Å². The van der Waals surface area contributed by atoms with Crippen LogP contribution in [0.3, 0.4) is 0 Å². The fraction of sp³-hybridized carbons (Fsp3) is 0.533. The third-order valence-corrected chi connectivity index (χ3v) is 3.24. The first-order valence-corrected chi connectivity index (χ1v) is 7.16. The normalized spacial score (nSPS) is 11.7. The van der Waals surface area contributed by atoms with Crippen molar-refractivity contribution in [2.45, 2.75) is 33.2 Å². The average molecular weight is 293 g/mol. The molecule has 0 aliphatic carbocycles. The maximum atomic E-state index is 12.1. The van der Waals surface area contributed by atoms with E-state index < -0.39 is 5.97 Å². The highest BCUT2D eigenvalue weighted by molar-refractivity contribution is 5.74. The Bertz CT molecular complexity index is 451. The second-order valence-corrected chi connectivity index (χ2v) is 5.09. The Kier molecular flexibility index (Phi) is 7.21. The van der Waals surface area contributed by atoms with E-state index >= 15 is 0 Å². The van der Waals surface area contributed by atoms with Crippen LogP contribution in [0.1, 0.15) is 32.3 Å². The van der Waals surface area contributed by atoms with Gasteiger partial charge in [0.25, 0.3) is 0 Å². The Balaban J connectivity index is 2.39. The summed E-state index contributed by atoms with van der Waals surface area (Å²) in [6, 6.07) is 3.63. The van der Waals surface area contributed by atoms with Gasteiger partial charge in [-0.15, -0.1) is 0 Å². The predicted octanol–water partition coefficient (Wildman–Crippen LogP) is 2.11. The van der Waals surface area contributed by atoms with Crippen molar-refractivity contribution in [3.8, 4) is 0 Å². The summed E-state index contributed by atoms with van der Waals surface area (Å²) in [4.78, 5) is 28.3. The van der Waals surface area contributed by atoms with Gasteiger partial charge >= 0.3 is 12.0 Å². The number of aliphatic carboxylic acids is 1. The van der Waals surface area contributed by atoms with Crippen molar-refractivity contribution in [2.75, 3.05) is 13.1 Å². The summed E-state index contributed by atoms with van der Waals surface area (Å²) in [7, 11) is 0. The molecule has 0 spiro atoms. The van der Waals surface area contributed by atoms with Gasteiger partial charge in [-0.2, -0.15) is 0 Å². The predicted molar refractivity (Wildman–Crippen MR) is 79.8 cm³/mol. The van der Waals surface area contributed by atoms with E-state index in [1.54, 1.807) is 17.3 Å². The minimum absolute atomic E-state index is 0.128. The number of rotatable bonds is 8. The molecule has 0 aliphatic rings. The second-order valence-electron chi connectivity index (χ2n) is 5.09. The number of urea groups is 1. The lowest BCUT2D eigenvalue weighted by molar-refractivity contribution is -0.137. The summed E-state index contributed by atoms with van der Waals surface area (Å²) in [6.45, 7) is 5.49. The van der Waals surface area contributed by atoms with Crippen LogP contribution in [0.2, 0.25) is 0 Å². The Morgan fingerprint density at radius 3 is 2.62 bits per heavy atom. The monoisotopic (exact) mass is 293 g/mol. The highest BCUT2D eigenvalue weighted by Crippen LogP contribution is 2.06. The molecule has 2 amide bonds. The highest BCUT2D eigenvalue weighted by atomic mass is 16.4. The molecule has 1 aromatic rings. The van der Waals surface area contributed by atoms with E-state index in [-0.39, 0.29) is 18.4 Å². The summed E-state index contributed by atoms with van der Waals surface area (Å²) in [6.07, 6.45) is 4.10. The van der Waals surface area contributed by atoms with Gasteiger partial charge in [-0.1, -0.05) is 6.92 Å². The van der Waals surface area contributed by atoms with Gasteiger partial charge in [0, 0.05) is 38.4 Å². The Labute approximate surface area is 125 Å². The largest absolute Gasteiger partial charge is 0.481 e. The Hall–Kier alpha value is -2.11. The molecular weight excluding hydrogens is 270 g/mol. The lowest BCUT2D eigenvalue weighted by atomic mass is 10.1. The van der Waals surface area contributed by atoms with Crippen LogP contribution < -0.4 is 5.32 Å². The van der Waals surface area contributed by atoms with E-state index in [4.69, 9.17) is 5.11 Å². The molecular formula is C15H23N3O3. The minimum Gasteiger partial charge on any atom is -0.481 e. The molecule has 0 radical (unpaired) electrons. The van der Waals surface area contributed by atoms with Gasteiger partial charge in [0.2, 0.25) is 0 Å². The van der Waals surface area contributed by atoms with Crippen molar-refractivity contribution in [3.05, 3.63) is 30.1 Å². The van der Waals surface area contributed by atoms with Crippen molar-refractivity contribution in [3.63, 3.8) is 0 Å². The van der Waals surface area contributed by atoms with E-state index in [2.05, 4.69) is 10.3 Å². The van der Waals surface area contributed by atoms with Crippen LogP contribution in [0.5, 0.6) is 0 Å². The van der Waals surface area contributed by atoms with E-state index in [1.165, 1.54) is 0 Å². The summed E-state index contributed by atoms with van der Waals surface area (Å²) >= 11 is 0. The third kappa shape index (κ3) is 6.74. The van der Waals surface area contributed by atoms with E-state index in [0.717, 1.165) is 5.56 Å². The first-order chi connectivity index (χ1) is 10.0. The molecule has 1 heterocycles. The van der Waals surface area contributed by atoms with Crippen molar-refractivity contribution < 1.29 is 14.7 Å². The third-order valence-electron chi connectivity index (χ3n) is 3.24. The van der Waals surface area contributed by atoms with Gasteiger partial charge in [0.1, 0.15) is 0 Å². The molecule has 6 nitrogen and oxygen atoms in total. The number of hydrogen-bond acceptors (Lipinski definition) is 3. The number of amides is 2. The molecule has 0 saturated heterocycles. The molecule has 6 heteroatoms. The number of carboxylic acid groups (broad SMARTS) is 1. The van der Waals surface area contributed by atoms with Crippen molar-refractivity contribution in [1.82, 2.24) is 15.2 Å². The number of carbonyl (C=O) groups is 2. The molecule has 0 bridgehead atoms. The Morgan fingerprint density at radius 2 is 2.05 bits per heavy atom. The van der Waals surface area contributed by atoms with Gasteiger partial charge in [0.15, 0.2) is 0 Å². The van der Waals surface area contributed by atoms with Crippen LogP contribution in [0.4, 0.5) is 4.79 Å². The lowest BCUT2D eigenvalue weighted by Crippen LogP contribution is -2.41. The molecule has 0 aromatic carbocycles. The molecule has 0 aliphatic heterocycles. The molecule has 2 N–H and O–H groups in total. The number of nitrogens with zero attached hydrogens (tertiary/aromatic N) is 2. The van der Waals surface area contributed by atoms with E-state index in [0.29, 0.717) is 26.1 Å². The maximum absolute atomic E-state index is 12.1. The first-order valence-electron chi connectivity index (χ1n) is 7.16. The number of hydrogen-bond donors (Lipinski definition) is 2. The molecule has 0 fully saturated rings. The van der Waals surface area contributed by atoms with Gasteiger partial charge in [-0.05, 0) is 37.0 Å². The molecule has 0 saturated carbocycles. The van der Waals surface area contributed by atoms with Gasteiger partial charge in [-0.25, -0.2) is 4.79 Å². The fourth-order valence-corrected chi connectivity index (χ4v) is 1.88. The summed E-state index contributed by atoms with van der Waals surface area (Å²) in [5.41, 5.74) is 1.03. The van der Waals surface area contributed by atoms with Crippen molar-refractivity contribution in [1.29, 1.82) is 0 Å². The zero-order valence-electron chi connectivity index (χ0n) is 12.6. The fourth-order valence-electron chi connectivity index (χ4n) is 1.88.